The third-order valence-electron chi connectivity index (χ3n) is 4.00. The molecule has 0 saturated heterocycles. The lowest BCUT2D eigenvalue weighted by Crippen LogP contribution is -1.87. The lowest BCUT2D eigenvalue weighted by molar-refractivity contribution is 1.08. The fourth-order valence-electron chi connectivity index (χ4n) is 2.91. The van der Waals surface area contributed by atoms with Crippen LogP contribution in [-0.4, -0.2) is 19.9 Å². The number of pyridine rings is 2. The topological polar surface area (TPSA) is 54.5 Å². The van der Waals surface area contributed by atoms with E-state index in [1.807, 2.05) is 48.8 Å². The van der Waals surface area contributed by atoms with Crippen molar-refractivity contribution >= 4 is 44.6 Å². The molecule has 0 atom stereocenters. The van der Waals surface area contributed by atoms with Gasteiger partial charge >= 0.3 is 0 Å². The molecule has 3 heterocycles. The van der Waals surface area contributed by atoms with Gasteiger partial charge in [0.05, 0.1) is 22.1 Å². The highest BCUT2D eigenvalue weighted by molar-refractivity contribution is 7.99. The quantitative estimate of drug-likeness (QED) is 0.472. The summed E-state index contributed by atoms with van der Waals surface area (Å²) in [6.07, 6.45) is 3.62. The summed E-state index contributed by atoms with van der Waals surface area (Å²) in [5, 5.41) is 3.06. The number of aromatic nitrogens is 4. The zero-order chi connectivity index (χ0) is 15.9. The molecular formula is C19H12N4S. The van der Waals surface area contributed by atoms with Crippen LogP contribution in [0.5, 0.6) is 0 Å². The van der Waals surface area contributed by atoms with Gasteiger partial charge in [-0.1, -0.05) is 36.0 Å². The number of imidazole rings is 1. The number of nitrogens with zero attached hydrogens (tertiary/aromatic N) is 3. The summed E-state index contributed by atoms with van der Waals surface area (Å²) in [4.78, 5) is 18.2. The average Bonchev–Trinajstić information content (AvgIpc) is 3.04. The van der Waals surface area contributed by atoms with E-state index < -0.39 is 0 Å². The minimum Gasteiger partial charge on any atom is -0.333 e. The summed E-state index contributed by atoms with van der Waals surface area (Å²) < 4.78 is 0. The highest BCUT2D eigenvalue weighted by atomic mass is 32.2. The van der Waals surface area contributed by atoms with Crippen molar-refractivity contribution in [1.29, 1.82) is 0 Å². The number of fused-ring (bicyclic) bond motifs is 4. The number of benzene rings is 2. The molecule has 0 radical (unpaired) electrons. The molecule has 0 amide bonds. The zero-order valence-corrected chi connectivity index (χ0v) is 13.4. The second-order valence-electron chi connectivity index (χ2n) is 5.51. The van der Waals surface area contributed by atoms with Crippen molar-refractivity contribution < 1.29 is 0 Å². The second kappa shape index (κ2) is 5.32. The molecule has 24 heavy (non-hydrogen) atoms. The Morgan fingerprint density at radius 3 is 2.58 bits per heavy atom. The van der Waals surface area contributed by atoms with Gasteiger partial charge in [-0.25, -0.2) is 4.98 Å². The summed E-state index contributed by atoms with van der Waals surface area (Å²) in [5.74, 6) is 0. The van der Waals surface area contributed by atoms with Gasteiger partial charge in [0.2, 0.25) is 0 Å². The summed E-state index contributed by atoms with van der Waals surface area (Å²) >= 11 is 1.62. The van der Waals surface area contributed by atoms with E-state index in [2.05, 4.69) is 38.1 Å². The second-order valence-corrected chi connectivity index (χ2v) is 6.54. The number of rotatable bonds is 2. The van der Waals surface area contributed by atoms with Crippen molar-refractivity contribution in [3.63, 3.8) is 0 Å². The van der Waals surface area contributed by atoms with E-state index in [4.69, 9.17) is 0 Å². The first-order valence-corrected chi connectivity index (χ1v) is 8.45. The van der Waals surface area contributed by atoms with Crippen LogP contribution < -0.4 is 0 Å². The number of hydrogen-bond donors (Lipinski definition) is 1. The molecule has 5 heteroatoms. The van der Waals surface area contributed by atoms with Gasteiger partial charge in [-0.2, -0.15) is 0 Å². The Kier molecular flexibility index (Phi) is 2.99. The molecule has 0 saturated carbocycles. The van der Waals surface area contributed by atoms with Gasteiger partial charge in [-0.05, 0) is 30.3 Å². The zero-order valence-electron chi connectivity index (χ0n) is 12.6. The molecule has 0 bridgehead atoms. The molecule has 3 aromatic heterocycles. The Bertz CT molecular complexity index is 1160. The van der Waals surface area contributed by atoms with Crippen molar-refractivity contribution in [3.05, 3.63) is 67.0 Å². The van der Waals surface area contributed by atoms with E-state index in [1.165, 1.54) is 0 Å². The van der Waals surface area contributed by atoms with Gasteiger partial charge in [0, 0.05) is 28.1 Å². The molecule has 0 spiro atoms. The molecule has 5 rings (SSSR count). The first kappa shape index (κ1) is 13.5. The Morgan fingerprint density at radius 2 is 1.67 bits per heavy atom. The Morgan fingerprint density at radius 1 is 0.833 bits per heavy atom. The fourth-order valence-corrected chi connectivity index (χ4v) is 3.88. The van der Waals surface area contributed by atoms with Crippen molar-refractivity contribution in [2.75, 3.05) is 0 Å². The van der Waals surface area contributed by atoms with Crippen LogP contribution in [0.1, 0.15) is 0 Å². The summed E-state index contributed by atoms with van der Waals surface area (Å²) in [7, 11) is 0. The fraction of sp³-hybridized carbons (Fsp3) is 0. The number of nitrogens with one attached hydrogen (secondary N) is 1. The lowest BCUT2D eigenvalue weighted by atomic mass is 10.1. The third-order valence-corrected chi connectivity index (χ3v) is 4.94. The highest BCUT2D eigenvalue weighted by Gasteiger charge is 2.11. The molecule has 4 nitrogen and oxygen atoms in total. The monoisotopic (exact) mass is 328 g/mol. The van der Waals surface area contributed by atoms with Gasteiger partial charge in [0.15, 0.2) is 5.16 Å². The number of para-hydroxylation sites is 2. The SMILES string of the molecule is c1cnc2c(c1)cc(Sc1nc3ccccc3[nH]1)c1cccnc12. The minimum absolute atomic E-state index is 0.879. The van der Waals surface area contributed by atoms with Gasteiger partial charge in [-0.15, -0.1) is 0 Å². The Labute approximate surface area is 142 Å². The number of hydrogen-bond acceptors (Lipinski definition) is 4. The third kappa shape index (κ3) is 2.13. The van der Waals surface area contributed by atoms with E-state index >= 15 is 0 Å². The smallest absolute Gasteiger partial charge is 0.171 e. The molecular weight excluding hydrogens is 316 g/mol. The van der Waals surface area contributed by atoms with Crippen molar-refractivity contribution in [2.24, 2.45) is 0 Å². The first-order valence-electron chi connectivity index (χ1n) is 7.63. The summed E-state index contributed by atoms with van der Waals surface area (Å²) in [6.45, 7) is 0. The van der Waals surface area contributed by atoms with Crippen molar-refractivity contribution in [2.45, 2.75) is 10.1 Å². The van der Waals surface area contributed by atoms with E-state index in [9.17, 15) is 0 Å². The summed E-state index contributed by atoms with van der Waals surface area (Å²) in [6, 6.07) is 18.3. The first-order chi connectivity index (χ1) is 11.9. The Balaban J connectivity index is 1.72. The van der Waals surface area contributed by atoms with Crippen LogP contribution in [0.4, 0.5) is 0 Å². The van der Waals surface area contributed by atoms with E-state index in [0.29, 0.717) is 0 Å². The molecule has 2 aromatic carbocycles. The molecule has 5 aromatic rings. The lowest BCUT2D eigenvalue weighted by Gasteiger charge is -2.07. The van der Waals surface area contributed by atoms with Gasteiger partial charge in [-0.3, -0.25) is 9.97 Å². The number of aromatic amines is 1. The molecule has 0 aliphatic rings. The van der Waals surface area contributed by atoms with Crippen LogP contribution in [0.25, 0.3) is 32.8 Å². The standard InChI is InChI=1S/C19H12N4S/c1-2-8-15-14(7-1)22-19(23-15)24-16-11-12-5-3-9-20-17(12)18-13(16)6-4-10-21-18/h1-11H,(H,22,23). The van der Waals surface area contributed by atoms with E-state index in [-0.39, 0.29) is 0 Å². The Hall–Kier alpha value is -2.92. The molecule has 0 unspecified atom stereocenters. The van der Waals surface area contributed by atoms with Crippen LogP contribution in [-0.2, 0) is 0 Å². The highest BCUT2D eigenvalue weighted by Crippen LogP contribution is 2.35. The average molecular weight is 328 g/mol. The van der Waals surface area contributed by atoms with Gasteiger partial charge in [0.25, 0.3) is 0 Å². The van der Waals surface area contributed by atoms with Crippen LogP contribution in [0, 0.1) is 0 Å². The molecule has 0 aliphatic heterocycles. The maximum Gasteiger partial charge on any atom is 0.171 e. The maximum atomic E-state index is 4.67. The van der Waals surface area contributed by atoms with E-state index in [0.717, 1.165) is 42.9 Å². The molecule has 1 N–H and O–H groups in total. The van der Waals surface area contributed by atoms with Gasteiger partial charge in [0.1, 0.15) is 0 Å². The summed E-state index contributed by atoms with van der Waals surface area (Å²) in [5.41, 5.74) is 3.88. The maximum absolute atomic E-state index is 4.67. The normalized spacial score (nSPS) is 11.5. The van der Waals surface area contributed by atoms with Crippen molar-refractivity contribution in [3.8, 4) is 0 Å². The predicted molar refractivity (Wildman–Crippen MR) is 97.3 cm³/mol. The van der Waals surface area contributed by atoms with Crippen LogP contribution in [0.2, 0.25) is 0 Å². The van der Waals surface area contributed by atoms with Gasteiger partial charge < -0.3 is 4.98 Å². The van der Waals surface area contributed by atoms with Crippen LogP contribution >= 0.6 is 11.8 Å². The van der Waals surface area contributed by atoms with Crippen molar-refractivity contribution in [1.82, 2.24) is 19.9 Å². The van der Waals surface area contributed by atoms with Crippen LogP contribution in [0.15, 0.2) is 77.0 Å². The van der Waals surface area contributed by atoms with Crippen LogP contribution in [0.3, 0.4) is 0 Å². The van der Waals surface area contributed by atoms with E-state index in [1.54, 1.807) is 11.8 Å². The molecule has 114 valence electrons. The predicted octanol–water partition coefficient (Wildman–Crippen LogP) is 4.81. The largest absolute Gasteiger partial charge is 0.333 e. The number of H-pyrrole nitrogens is 1. The molecule has 0 fully saturated rings. The minimum atomic E-state index is 0.879. The molecule has 0 aliphatic carbocycles.